The Labute approximate surface area is 127 Å². The molecule has 118 valence electrons. The van der Waals surface area contributed by atoms with E-state index in [1.807, 2.05) is 5.29 Å². The van der Waals surface area contributed by atoms with Crippen molar-refractivity contribution in [2.45, 2.75) is 6.42 Å². The molecule has 1 heterocycles. The van der Waals surface area contributed by atoms with Crippen LogP contribution in [0.4, 0.5) is 4.79 Å². The zero-order valence-electron chi connectivity index (χ0n) is 10.8. The van der Waals surface area contributed by atoms with Gasteiger partial charge in [-0.15, -0.1) is 28.1 Å². The van der Waals surface area contributed by atoms with Gasteiger partial charge in [0, 0.05) is 31.4 Å². The molecule has 1 atom stereocenters. The zero-order valence-corrected chi connectivity index (χ0v) is 13.2. The van der Waals surface area contributed by atoms with Gasteiger partial charge >= 0.3 is 13.7 Å². The predicted octanol–water partition coefficient (Wildman–Crippen LogP) is 1.22. The molecular weight excluding hydrogens is 332 g/mol. The summed E-state index contributed by atoms with van der Waals surface area (Å²) in [7, 11) is -2.84. The average molecular weight is 350 g/mol. The molecule has 12 heteroatoms. The van der Waals surface area contributed by atoms with E-state index in [4.69, 9.17) is 32.6 Å². The minimum atomic E-state index is -2.84. The number of nitrogens with one attached hydrogen (secondary N) is 2. The van der Waals surface area contributed by atoms with Crippen molar-refractivity contribution < 1.29 is 13.9 Å². The van der Waals surface area contributed by atoms with Crippen molar-refractivity contribution in [3.05, 3.63) is 4.91 Å². The van der Waals surface area contributed by atoms with Gasteiger partial charge in [0.15, 0.2) is 0 Å². The van der Waals surface area contributed by atoms with Gasteiger partial charge in [-0.1, -0.05) is 0 Å². The third kappa shape index (κ3) is 7.98. The maximum Gasteiger partial charge on any atom is 0.343 e. The molecule has 0 aromatic heterocycles. The number of alkyl halides is 2. The van der Waals surface area contributed by atoms with Crippen LogP contribution in [0.25, 0.3) is 0 Å². The van der Waals surface area contributed by atoms with Crippen LogP contribution in [0.2, 0.25) is 0 Å². The highest BCUT2D eigenvalue weighted by Crippen LogP contribution is 2.48. The van der Waals surface area contributed by atoms with Gasteiger partial charge in [-0.3, -0.25) is 4.57 Å². The predicted molar refractivity (Wildman–Crippen MR) is 77.7 cm³/mol. The number of primary amides is 1. The number of halogens is 2. The maximum absolute atomic E-state index is 12.2. The first kappa shape index (κ1) is 19.6. The second kappa shape index (κ2) is 11.2. The molecule has 1 fully saturated rings. The fraction of sp³-hybridized carbons (Fsp3) is 0.875. The second-order valence-electron chi connectivity index (χ2n) is 3.51. The van der Waals surface area contributed by atoms with E-state index in [1.165, 1.54) is 5.43 Å². The van der Waals surface area contributed by atoms with Gasteiger partial charge in [-0.25, -0.2) is 14.6 Å². The molecule has 1 aliphatic heterocycles. The molecule has 0 radical (unpaired) electrons. The molecule has 2 amide bonds. The van der Waals surface area contributed by atoms with Crippen molar-refractivity contribution in [3.63, 3.8) is 0 Å². The fourth-order valence-corrected chi connectivity index (χ4v) is 3.91. The number of amides is 2. The van der Waals surface area contributed by atoms with E-state index in [1.54, 1.807) is 4.67 Å². The lowest BCUT2D eigenvalue weighted by Crippen LogP contribution is -2.36. The van der Waals surface area contributed by atoms with Crippen LogP contribution < -0.4 is 16.2 Å². The zero-order chi connectivity index (χ0) is 15.4. The molecule has 1 rings (SSSR count). The molecule has 9 nitrogen and oxygen atoms in total. The van der Waals surface area contributed by atoms with Crippen LogP contribution in [0.5, 0.6) is 0 Å². The monoisotopic (exact) mass is 349 g/mol. The molecule has 20 heavy (non-hydrogen) atoms. The van der Waals surface area contributed by atoms with Gasteiger partial charge in [-0.05, 0) is 6.42 Å². The van der Waals surface area contributed by atoms with Gasteiger partial charge in [-0.2, -0.15) is 5.43 Å². The summed E-state index contributed by atoms with van der Waals surface area (Å²) in [5.41, 5.74) is 5.78. The van der Waals surface area contributed by atoms with Crippen molar-refractivity contribution in [2.24, 2.45) is 11.0 Å². The Morgan fingerprint density at radius 1 is 1.45 bits per heavy atom. The van der Waals surface area contributed by atoms with E-state index in [2.05, 4.69) is 10.8 Å². The molecule has 1 unspecified atom stereocenters. The minimum Gasteiger partial charge on any atom is -0.350 e. The maximum atomic E-state index is 12.2. The highest BCUT2D eigenvalue weighted by atomic mass is 35.5. The normalized spacial score (nSPS) is 22.5. The number of hydrogen-bond acceptors (Lipinski definition) is 5. The summed E-state index contributed by atoms with van der Waals surface area (Å²) in [6, 6.07) is -0.940. The first-order chi connectivity index (χ1) is 9.50. The second-order valence-corrected chi connectivity index (χ2v) is 6.45. The number of nitrogens with zero attached hydrogens (tertiary/aromatic N) is 2. The number of carbonyl (C=O) groups excluding carboxylic acids is 1. The van der Waals surface area contributed by atoms with Gasteiger partial charge in [0.25, 0.3) is 0 Å². The quantitative estimate of drug-likeness (QED) is 0.286. The van der Waals surface area contributed by atoms with Crippen molar-refractivity contribution in [3.8, 4) is 0 Å². The fourth-order valence-electron chi connectivity index (χ4n) is 1.36. The lowest BCUT2D eigenvalue weighted by atomic mass is 10.4. The van der Waals surface area contributed by atoms with Crippen molar-refractivity contribution >= 4 is 36.9 Å². The van der Waals surface area contributed by atoms with E-state index in [9.17, 15) is 9.36 Å². The Hall–Kier alpha value is -0.440. The standard InChI is InChI=1S/C7H15Cl2N2O2P.CH3N3O2/c8-2-4-10-14(12)11(6-3-9)5-1-7-13-14;2-1(5)3-4-6/h1-7H2,(H,10,12);(H3,2,3,5,6). The lowest BCUT2D eigenvalue weighted by Gasteiger charge is -2.34. The third-order valence-electron chi connectivity index (χ3n) is 2.10. The van der Waals surface area contributed by atoms with E-state index < -0.39 is 13.7 Å². The molecule has 0 spiro atoms. The SMILES string of the molecule is NC(=O)NN=O.O=P1(NCCCl)OCCCN1CCCl. The summed E-state index contributed by atoms with van der Waals surface area (Å²) in [5.74, 6) is 0.873. The Kier molecular flexibility index (Phi) is 11.0. The van der Waals surface area contributed by atoms with Crippen molar-refractivity contribution in [1.29, 1.82) is 0 Å². The van der Waals surface area contributed by atoms with Gasteiger partial charge < -0.3 is 10.3 Å². The molecule has 0 saturated carbocycles. The van der Waals surface area contributed by atoms with Crippen molar-refractivity contribution in [1.82, 2.24) is 15.2 Å². The summed E-state index contributed by atoms with van der Waals surface area (Å²) in [5, 5.41) is 4.81. The molecule has 0 aromatic carbocycles. The molecule has 1 aliphatic rings. The van der Waals surface area contributed by atoms with Crippen molar-refractivity contribution in [2.75, 3.05) is 38.0 Å². The summed E-state index contributed by atoms with van der Waals surface area (Å²) >= 11 is 11.1. The molecule has 0 aromatic rings. The topological polar surface area (TPSA) is 126 Å². The summed E-state index contributed by atoms with van der Waals surface area (Å²) in [6.07, 6.45) is 0.892. The average Bonchev–Trinajstić information content (AvgIpc) is 2.40. The number of hydrogen-bond donors (Lipinski definition) is 3. The van der Waals surface area contributed by atoms with Crippen LogP contribution in [0.1, 0.15) is 6.42 Å². The molecule has 0 bridgehead atoms. The lowest BCUT2D eigenvalue weighted by molar-refractivity contribution is 0.203. The highest BCUT2D eigenvalue weighted by Gasteiger charge is 2.33. The van der Waals surface area contributed by atoms with E-state index >= 15 is 0 Å². The third-order valence-corrected chi connectivity index (χ3v) is 4.76. The molecular formula is C8H18Cl2N5O4P. The summed E-state index contributed by atoms with van der Waals surface area (Å²) in [4.78, 5) is 18.4. The Balaban J connectivity index is 0.000000511. The summed E-state index contributed by atoms with van der Waals surface area (Å²) < 4.78 is 19.2. The molecule has 4 N–H and O–H groups in total. The molecule has 1 saturated heterocycles. The Morgan fingerprint density at radius 3 is 2.60 bits per heavy atom. The van der Waals surface area contributed by atoms with Crippen LogP contribution in [-0.2, 0) is 9.09 Å². The summed E-state index contributed by atoms with van der Waals surface area (Å²) in [6.45, 7) is 2.36. The number of rotatable bonds is 6. The smallest absolute Gasteiger partial charge is 0.343 e. The van der Waals surface area contributed by atoms with E-state index in [0.29, 0.717) is 31.5 Å². The number of urea groups is 1. The number of nitroso groups, excluding NO2 is 1. The highest BCUT2D eigenvalue weighted by molar-refractivity contribution is 7.54. The van der Waals surface area contributed by atoms with Gasteiger partial charge in [0.2, 0.25) is 0 Å². The van der Waals surface area contributed by atoms with Crippen LogP contribution in [0.15, 0.2) is 5.29 Å². The van der Waals surface area contributed by atoms with Gasteiger partial charge in [0.1, 0.15) is 0 Å². The number of carbonyl (C=O) groups is 1. The first-order valence-electron chi connectivity index (χ1n) is 5.75. The van der Waals surface area contributed by atoms with E-state index in [-0.39, 0.29) is 0 Å². The largest absolute Gasteiger partial charge is 0.350 e. The van der Waals surface area contributed by atoms with Crippen LogP contribution >= 0.6 is 30.9 Å². The van der Waals surface area contributed by atoms with Crippen LogP contribution in [0, 0.1) is 4.91 Å². The Morgan fingerprint density at radius 2 is 2.15 bits per heavy atom. The number of nitrogens with two attached hydrogens (primary N) is 1. The first-order valence-corrected chi connectivity index (χ1v) is 8.39. The van der Waals surface area contributed by atoms with Crippen LogP contribution in [-0.4, -0.2) is 48.7 Å². The van der Waals surface area contributed by atoms with E-state index in [0.717, 1.165) is 13.0 Å². The minimum absolute atomic E-state index is 0.419. The van der Waals surface area contributed by atoms with Crippen LogP contribution in [0.3, 0.4) is 0 Å². The van der Waals surface area contributed by atoms with Gasteiger partial charge in [0.05, 0.1) is 11.9 Å². The Bertz CT molecular complexity index is 347. The molecule has 0 aliphatic carbocycles.